The van der Waals surface area contributed by atoms with Crippen LogP contribution in [0.25, 0.3) is 0 Å². The van der Waals surface area contributed by atoms with Crippen molar-refractivity contribution in [3.8, 4) is 5.75 Å². The standard InChI is InChI=1S/C24H33N3O3S/c1-18-12-14-21(15-13-18)29-17-22-25-26(24(31)30-22)16-23(28)27(19-8-4-2-5-9-19)20-10-6-3-7-11-20/h12-15,19-20H,2-11,16-17H2,1H3. The summed E-state index contributed by atoms with van der Waals surface area (Å²) in [5, 5.41) is 4.43. The minimum atomic E-state index is 0.120. The summed E-state index contributed by atoms with van der Waals surface area (Å²) in [6, 6.07) is 8.53. The van der Waals surface area contributed by atoms with E-state index in [1.54, 1.807) is 0 Å². The molecule has 2 aliphatic rings. The number of aromatic nitrogens is 2. The molecule has 2 saturated carbocycles. The van der Waals surface area contributed by atoms with E-state index in [4.69, 9.17) is 21.4 Å². The Hall–Kier alpha value is -2.15. The highest BCUT2D eigenvalue weighted by Gasteiger charge is 2.32. The Morgan fingerprint density at radius 2 is 1.65 bits per heavy atom. The molecule has 0 spiro atoms. The minimum Gasteiger partial charge on any atom is -0.484 e. The lowest BCUT2D eigenvalue weighted by Gasteiger charge is -2.41. The van der Waals surface area contributed by atoms with Crippen LogP contribution in [0.5, 0.6) is 5.75 Å². The van der Waals surface area contributed by atoms with Crippen LogP contribution >= 0.6 is 12.2 Å². The van der Waals surface area contributed by atoms with Crippen molar-refractivity contribution >= 4 is 18.1 Å². The summed E-state index contributed by atoms with van der Waals surface area (Å²) in [5.74, 6) is 1.26. The molecule has 2 fully saturated rings. The lowest BCUT2D eigenvalue weighted by atomic mass is 9.88. The van der Waals surface area contributed by atoms with Gasteiger partial charge in [0.15, 0.2) is 6.61 Å². The molecule has 0 atom stereocenters. The smallest absolute Gasteiger partial charge is 0.287 e. The van der Waals surface area contributed by atoms with E-state index in [-0.39, 0.29) is 23.9 Å². The average molecular weight is 444 g/mol. The summed E-state index contributed by atoms with van der Waals surface area (Å²) in [6.45, 7) is 2.36. The Morgan fingerprint density at radius 1 is 1.06 bits per heavy atom. The van der Waals surface area contributed by atoms with Crippen molar-refractivity contribution in [2.45, 2.75) is 96.4 Å². The second-order valence-electron chi connectivity index (χ2n) is 8.91. The van der Waals surface area contributed by atoms with Gasteiger partial charge in [0, 0.05) is 12.1 Å². The number of carbonyl (C=O) groups is 1. The van der Waals surface area contributed by atoms with Gasteiger partial charge in [0.05, 0.1) is 0 Å². The highest BCUT2D eigenvalue weighted by molar-refractivity contribution is 7.71. The first kappa shape index (κ1) is 22.1. The largest absolute Gasteiger partial charge is 0.484 e. The van der Waals surface area contributed by atoms with Crippen LogP contribution in [0.2, 0.25) is 0 Å². The highest BCUT2D eigenvalue weighted by Crippen LogP contribution is 2.30. The fraction of sp³-hybridized carbons (Fsp3) is 0.625. The first-order valence-corrected chi connectivity index (χ1v) is 12.1. The Kier molecular flexibility index (Phi) is 7.43. The molecule has 1 amide bonds. The number of hydrogen-bond donors (Lipinski definition) is 0. The molecule has 2 aromatic rings. The SMILES string of the molecule is Cc1ccc(OCc2nn(CC(=O)N(C3CCCCC3)C3CCCCC3)c(=S)o2)cc1. The number of benzene rings is 1. The molecule has 2 aliphatic carbocycles. The van der Waals surface area contributed by atoms with E-state index in [1.807, 2.05) is 31.2 Å². The van der Waals surface area contributed by atoms with Crippen LogP contribution in [0.3, 0.4) is 0 Å². The molecular weight excluding hydrogens is 410 g/mol. The van der Waals surface area contributed by atoms with Gasteiger partial charge in [-0.1, -0.05) is 56.2 Å². The van der Waals surface area contributed by atoms with Crippen molar-refractivity contribution < 1.29 is 13.9 Å². The predicted octanol–water partition coefficient (Wildman–Crippen LogP) is 5.59. The second kappa shape index (κ2) is 10.4. The first-order chi connectivity index (χ1) is 15.1. The predicted molar refractivity (Wildman–Crippen MR) is 121 cm³/mol. The van der Waals surface area contributed by atoms with Gasteiger partial charge in [-0.15, -0.1) is 5.10 Å². The van der Waals surface area contributed by atoms with Crippen molar-refractivity contribution in [2.75, 3.05) is 0 Å². The monoisotopic (exact) mass is 443 g/mol. The second-order valence-corrected chi connectivity index (χ2v) is 9.26. The van der Waals surface area contributed by atoms with E-state index in [2.05, 4.69) is 10.00 Å². The van der Waals surface area contributed by atoms with E-state index in [0.717, 1.165) is 31.4 Å². The van der Waals surface area contributed by atoms with Gasteiger partial charge in [0.2, 0.25) is 5.91 Å². The zero-order valence-corrected chi connectivity index (χ0v) is 19.2. The van der Waals surface area contributed by atoms with Crippen molar-refractivity contribution in [1.82, 2.24) is 14.7 Å². The first-order valence-electron chi connectivity index (χ1n) is 11.7. The Bertz CT molecular complexity index is 891. The van der Waals surface area contributed by atoms with Gasteiger partial charge in [-0.25, -0.2) is 4.68 Å². The van der Waals surface area contributed by atoms with Gasteiger partial charge >= 0.3 is 0 Å². The van der Waals surface area contributed by atoms with Crippen LogP contribution in [0.1, 0.15) is 75.7 Å². The number of hydrogen-bond acceptors (Lipinski definition) is 5. The van der Waals surface area contributed by atoms with Crippen molar-refractivity contribution in [3.05, 3.63) is 40.6 Å². The summed E-state index contributed by atoms with van der Waals surface area (Å²) < 4.78 is 12.9. The molecular formula is C24H33N3O3S. The molecule has 0 unspecified atom stereocenters. The van der Waals surface area contributed by atoms with Crippen molar-refractivity contribution in [1.29, 1.82) is 0 Å². The molecule has 0 N–H and O–H groups in total. The summed E-state index contributed by atoms with van der Waals surface area (Å²) in [4.78, 5) is 15.8. The van der Waals surface area contributed by atoms with Gasteiger partial charge in [-0.05, 0) is 57.0 Å². The normalized spacial score (nSPS) is 18.1. The molecule has 0 radical (unpaired) electrons. The van der Waals surface area contributed by atoms with Gasteiger partial charge in [-0.2, -0.15) is 0 Å². The molecule has 168 valence electrons. The molecule has 31 heavy (non-hydrogen) atoms. The molecule has 7 heteroatoms. The Morgan fingerprint density at radius 3 is 2.23 bits per heavy atom. The minimum absolute atomic E-state index is 0.120. The van der Waals surface area contributed by atoms with E-state index < -0.39 is 0 Å². The maximum Gasteiger partial charge on any atom is 0.287 e. The molecule has 0 saturated heterocycles. The summed E-state index contributed by atoms with van der Waals surface area (Å²) >= 11 is 5.35. The van der Waals surface area contributed by atoms with E-state index in [1.165, 1.54) is 48.8 Å². The quantitative estimate of drug-likeness (QED) is 0.522. The average Bonchev–Trinajstić information content (AvgIpc) is 3.14. The Labute approximate surface area is 189 Å². The van der Waals surface area contributed by atoms with Crippen LogP contribution in [0.15, 0.2) is 28.7 Å². The zero-order valence-electron chi connectivity index (χ0n) is 18.4. The molecule has 0 aliphatic heterocycles. The maximum atomic E-state index is 13.4. The number of nitrogens with zero attached hydrogens (tertiary/aromatic N) is 3. The zero-order chi connectivity index (χ0) is 21.6. The maximum absolute atomic E-state index is 13.4. The third-order valence-corrected chi connectivity index (χ3v) is 6.83. The summed E-state index contributed by atoms with van der Waals surface area (Å²) in [7, 11) is 0. The van der Waals surface area contributed by atoms with Crippen LogP contribution in [-0.2, 0) is 17.9 Å². The van der Waals surface area contributed by atoms with Gasteiger partial charge in [-0.3, -0.25) is 4.79 Å². The fourth-order valence-electron chi connectivity index (χ4n) is 4.92. The molecule has 1 heterocycles. The third kappa shape index (κ3) is 5.76. The number of amides is 1. The summed E-state index contributed by atoms with van der Waals surface area (Å²) in [6.07, 6.45) is 11.9. The lowest BCUT2D eigenvalue weighted by molar-refractivity contribution is -0.139. The van der Waals surface area contributed by atoms with E-state index >= 15 is 0 Å². The van der Waals surface area contributed by atoms with Gasteiger partial charge in [0.25, 0.3) is 10.7 Å². The van der Waals surface area contributed by atoms with Crippen molar-refractivity contribution in [3.63, 3.8) is 0 Å². The molecule has 4 rings (SSSR count). The van der Waals surface area contributed by atoms with Gasteiger partial charge < -0.3 is 14.1 Å². The number of aryl methyl sites for hydroxylation is 1. The molecule has 0 bridgehead atoms. The number of ether oxygens (including phenoxy) is 1. The molecule has 6 nitrogen and oxygen atoms in total. The molecule has 1 aromatic heterocycles. The Balaban J connectivity index is 1.42. The van der Waals surface area contributed by atoms with Crippen LogP contribution < -0.4 is 4.74 Å². The highest BCUT2D eigenvalue weighted by atomic mass is 32.1. The summed E-state index contributed by atoms with van der Waals surface area (Å²) in [5.41, 5.74) is 1.17. The number of rotatable bonds is 7. The van der Waals surface area contributed by atoms with Crippen LogP contribution in [0.4, 0.5) is 0 Å². The van der Waals surface area contributed by atoms with Crippen molar-refractivity contribution in [2.24, 2.45) is 0 Å². The third-order valence-electron chi connectivity index (χ3n) is 6.54. The fourth-order valence-corrected chi connectivity index (χ4v) is 5.12. The lowest BCUT2D eigenvalue weighted by Crippen LogP contribution is -2.50. The molecule has 1 aromatic carbocycles. The van der Waals surface area contributed by atoms with Crippen LogP contribution in [-0.4, -0.2) is 32.7 Å². The van der Waals surface area contributed by atoms with E-state index in [9.17, 15) is 4.79 Å². The number of carbonyl (C=O) groups excluding carboxylic acids is 1. The van der Waals surface area contributed by atoms with E-state index in [0.29, 0.717) is 18.0 Å². The topological polar surface area (TPSA) is 60.5 Å². The van der Waals surface area contributed by atoms with Crippen LogP contribution in [0, 0.1) is 11.8 Å². The van der Waals surface area contributed by atoms with Gasteiger partial charge in [0.1, 0.15) is 12.3 Å².